The van der Waals surface area contributed by atoms with Crippen molar-refractivity contribution in [3.05, 3.63) is 46.3 Å². The van der Waals surface area contributed by atoms with Gasteiger partial charge in [0.1, 0.15) is 0 Å². The SMILES string of the molecule is COC(=O)Nc1ccc(CNC(=O)CCc2c(C)noc2Cl)cc1. The van der Waals surface area contributed by atoms with Gasteiger partial charge in [-0.2, -0.15) is 0 Å². The molecule has 0 spiro atoms. The average Bonchev–Trinajstić information content (AvgIpc) is 2.90. The molecule has 0 bridgehead atoms. The Kier molecular flexibility index (Phi) is 6.20. The second-order valence-corrected chi connectivity index (χ2v) is 5.45. The summed E-state index contributed by atoms with van der Waals surface area (Å²) < 4.78 is 9.36. The van der Waals surface area contributed by atoms with Crippen LogP contribution in [0.15, 0.2) is 28.8 Å². The van der Waals surface area contributed by atoms with Crippen molar-refractivity contribution >= 4 is 29.3 Å². The van der Waals surface area contributed by atoms with Crippen LogP contribution in [-0.4, -0.2) is 24.3 Å². The number of hydrogen-bond acceptors (Lipinski definition) is 5. The number of ether oxygens (including phenoxy) is 1. The number of nitrogens with zero attached hydrogens (tertiary/aromatic N) is 1. The number of anilines is 1. The van der Waals surface area contributed by atoms with Crippen LogP contribution >= 0.6 is 11.6 Å². The predicted octanol–water partition coefficient (Wildman–Crippen LogP) is 3.06. The van der Waals surface area contributed by atoms with E-state index in [1.165, 1.54) is 7.11 Å². The molecule has 0 fully saturated rings. The summed E-state index contributed by atoms with van der Waals surface area (Å²) in [4.78, 5) is 23.0. The Labute approximate surface area is 144 Å². The zero-order valence-corrected chi connectivity index (χ0v) is 14.1. The van der Waals surface area contributed by atoms with Crippen LogP contribution in [0.25, 0.3) is 0 Å². The molecule has 0 saturated carbocycles. The summed E-state index contributed by atoms with van der Waals surface area (Å²) in [5.41, 5.74) is 2.99. The number of hydrogen-bond donors (Lipinski definition) is 2. The smallest absolute Gasteiger partial charge is 0.411 e. The average molecular weight is 352 g/mol. The van der Waals surface area contributed by atoms with Gasteiger partial charge in [-0.15, -0.1) is 0 Å². The molecule has 128 valence electrons. The first-order chi connectivity index (χ1) is 11.5. The number of halogens is 1. The van der Waals surface area contributed by atoms with Crippen molar-refractivity contribution < 1.29 is 18.8 Å². The van der Waals surface area contributed by atoms with Gasteiger partial charge in [0.15, 0.2) is 0 Å². The molecule has 0 saturated heterocycles. The summed E-state index contributed by atoms with van der Waals surface area (Å²) in [7, 11) is 1.30. The fourth-order valence-corrected chi connectivity index (χ4v) is 2.31. The number of benzene rings is 1. The van der Waals surface area contributed by atoms with Crippen molar-refractivity contribution in [2.75, 3.05) is 12.4 Å². The largest absolute Gasteiger partial charge is 0.453 e. The Hall–Kier alpha value is -2.54. The van der Waals surface area contributed by atoms with E-state index in [9.17, 15) is 9.59 Å². The minimum absolute atomic E-state index is 0.0940. The van der Waals surface area contributed by atoms with Crippen molar-refractivity contribution in [2.45, 2.75) is 26.3 Å². The zero-order chi connectivity index (χ0) is 17.5. The van der Waals surface area contributed by atoms with Crippen molar-refractivity contribution in [3.8, 4) is 0 Å². The van der Waals surface area contributed by atoms with E-state index in [0.29, 0.717) is 30.8 Å². The Bertz CT molecular complexity index is 693. The molecule has 2 aromatic rings. The summed E-state index contributed by atoms with van der Waals surface area (Å²) in [6.45, 7) is 2.18. The van der Waals surface area contributed by atoms with Gasteiger partial charge in [0.25, 0.3) is 0 Å². The summed E-state index contributed by atoms with van der Waals surface area (Å²) in [6.07, 6.45) is 0.241. The molecule has 2 amide bonds. The molecule has 0 aliphatic heterocycles. The minimum Gasteiger partial charge on any atom is -0.453 e. The Morgan fingerprint density at radius 1 is 1.29 bits per heavy atom. The standard InChI is InChI=1S/C16H18ClN3O4/c1-10-13(15(17)24-20-10)7-8-14(21)18-9-11-3-5-12(6-4-11)19-16(22)23-2/h3-6H,7-9H2,1-2H3,(H,18,21)(H,19,22). The van der Waals surface area contributed by atoms with Crippen LogP contribution in [0.5, 0.6) is 0 Å². The van der Waals surface area contributed by atoms with Crippen LogP contribution in [0.3, 0.4) is 0 Å². The highest BCUT2D eigenvalue weighted by Crippen LogP contribution is 2.20. The molecular weight excluding hydrogens is 334 g/mol. The third-order valence-electron chi connectivity index (χ3n) is 3.41. The number of rotatable bonds is 6. The predicted molar refractivity (Wildman–Crippen MR) is 88.9 cm³/mol. The second-order valence-electron chi connectivity index (χ2n) is 5.11. The number of nitrogens with one attached hydrogen (secondary N) is 2. The molecule has 1 aromatic heterocycles. The highest BCUT2D eigenvalue weighted by molar-refractivity contribution is 6.29. The quantitative estimate of drug-likeness (QED) is 0.834. The maximum atomic E-state index is 11.9. The topological polar surface area (TPSA) is 93.5 Å². The number of amides is 2. The van der Waals surface area contributed by atoms with E-state index in [0.717, 1.165) is 11.1 Å². The number of carbonyl (C=O) groups is 2. The molecule has 0 atom stereocenters. The number of aromatic nitrogens is 1. The second kappa shape index (κ2) is 8.35. The third-order valence-corrected chi connectivity index (χ3v) is 3.71. The molecule has 0 aliphatic carbocycles. The summed E-state index contributed by atoms with van der Waals surface area (Å²) >= 11 is 5.86. The van der Waals surface area contributed by atoms with Crippen LogP contribution < -0.4 is 10.6 Å². The van der Waals surface area contributed by atoms with Gasteiger partial charge in [-0.1, -0.05) is 17.3 Å². The first-order valence-corrected chi connectivity index (χ1v) is 7.68. The number of aryl methyl sites for hydroxylation is 1. The molecule has 0 aliphatic rings. The molecule has 24 heavy (non-hydrogen) atoms. The molecule has 0 unspecified atom stereocenters. The first-order valence-electron chi connectivity index (χ1n) is 7.31. The first kappa shape index (κ1) is 17.8. The van der Waals surface area contributed by atoms with Crippen molar-refractivity contribution in [3.63, 3.8) is 0 Å². The van der Waals surface area contributed by atoms with Gasteiger partial charge in [0, 0.05) is 24.2 Å². The van der Waals surface area contributed by atoms with Crippen LogP contribution in [0.1, 0.15) is 23.2 Å². The van der Waals surface area contributed by atoms with E-state index in [-0.39, 0.29) is 11.1 Å². The van der Waals surface area contributed by atoms with Crippen LogP contribution in [-0.2, 0) is 22.5 Å². The van der Waals surface area contributed by atoms with Crippen molar-refractivity contribution in [2.24, 2.45) is 0 Å². The fourth-order valence-electron chi connectivity index (χ4n) is 2.04. The Morgan fingerprint density at radius 2 is 2.00 bits per heavy atom. The number of methoxy groups -OCH3 is 1. The normalized spacial score (nSPS) is 10.3. The summed E-state index contributed by atoms with van der Waals surface area (Å²) in [6, 6.07) is 7.09. The van der Waals surface area contributed by atoms with Crippen LogP contribution in [0.2, 0.25) is 5.22 Å². The van der Waals surface area contributed by atoms with Gasteiger partial charge in [-0.05, 0) is 42.6 Å². The summed E-state index contributed by atoms with van der Waals surface area (Å²) in [5, 5.41) is 9.36. The molecule has 1 aromatic carbocycles. The highest BCUT2D eigenvalue weighted by atomic mass is 35.5. The Morgan fingerprint density at radius 3 is 2.58 bits per heavy atom. The molecule has 7 nitrogen and oxygen atoms in total. The van der Waals surface area contributed by atoms with E-state index in [1.807, 2.05) is 12.1 Å². The van der Waals surface area contributed by atoms with Gasteiger partial charge < -0.3 is 14.6 Å². The van der Waals surface area contributed by atoms with E-state index in [1.54, 1.807) is 19.1 Å². The van der Waals surface area contributed by atoms with Gasteiger partial charge >= 0.3 is 6.09 Å². The molecular formula is C16H18ClN3O4. The lowest BCUT2D eigenvalue weighted by Crippen LogP contribution is -2.23. The van der Waals surface area contributed by atoms with Crippen molar-refractivity contribution in [1.29, 1.82) is 0 Å². The molecule has 0 radical (unpaired) electrons. The fraction of sp³-hybridized carbons (Fsp3) is 0.312. The lowest BCUT2D eigenvalue weighted by molar-refractivity contribution is -0.121. The third kappa shape index (κ3) is 4.99. The lowest BCUT2D eigenvalue weighted by Gasteiger charge is -2.07. The zero-order valence-electron chi connectivity index (χ0n) is 13.4. The Balaban J connectivity index is 1.78. The molecule has 8 heteroatoms. The molecule has 1 heterocycles. The van der Waals surface area contributed by atoms with Crippen LogP contribution in [0, 0.1) is 6.92 Å². The van der Waals surface area contributed by atoms with E-state index in [2.05, 4.69) is 20.5 Å². The minimum atomic E-state index is -0.529. The summed E-state index contributed by atoms with van der Waals surface area (Å²) in [5.74, 6) is -0.0940. The monoisotopic (exact) mass is 351 g/mol. The van der Waals surface area contributed by atoms with E-state index < -0.39 is 6.09 Å². The number of carbonyl (C=O) groups excluding carboxylic acids is 2. The van der Waals surface area contributed by atoms with Gasteiger partial charge in [0.05, 0.1) is 12.8 Å². The maximum Gasteiger partial charge on any atom is 0.411 e. The van der Waals surface area contributed by atoms with Gasteiger partial charge in [-0.3, -0.25) is 10.1 Å². The van der Waals surface area contributed by atoms with Crippen molar-refractivity contribution in [1.82, 2.24) is 10.5 Å². The van der Waals surface area contributed by atoms with E-state index >= 15 is 0 Å². The van der Waals surface area contributed by atoms with Crippen LogP contribution in [0.4, 0.5) is 10.5 Å². The van der Waals surface area contributed by atoms with E-state index in [4.69, 9.17) is 16.1 Å². The molecule has 2 rings (SSSR count). The van der Waals surface area contributed by atoms with Gasteiger partial charge in [0.2, 0.25) is 11.1 Å². The van der Waals surface area contributed by atoms with Gasteiger partial charge in [-0.25, -0.2) is 4.79 Å². The molecule has 2 N–H and O–H groups in total. The highest BCUT2D eigenvalue weighted by Gasteiger charge is 2.12. The lowest BCUT2D eigenvalue weighted by atomic mass is 10.1. The maximum absolute atomic E-state index is 11.9.